The number of methoxy groups -OCH3 is 2. The Morgan fingerprint density at radius 1 is 1.04 bits per heavy atom. The van der Waals surface area contributed by atoms with Gasteiger partial charge in [-0.05, 0) is 51.9 Å². The van der Waals surface area contributed by atoms with Crippen LogP contribution < -0.4 is 14.8 Å². The van der Waals surface area contributed by atoms with Crippen molar-refractivity contribution in [3.05, 3.63) is 64.1 Å². The van der Waals surface area contributed by atoms with Crippen molar-refractivity contribution in [2.45, 2.75) is 6.04 Å². The molecule has 26 heavy (non-hydrogen) atoms. The van der Waals surface area contributed by atoms with Crippen molar-refractivity contribution in [2.75, 3.05) is 19.5 Å². The van der Waals surface area contributed by atoms with Crippen LogP contribution in [-0.2, 0) is 0 Å². The Kier molecular flexibility index (Phi) is 4.34. The van der Waals surface area contributed by atoms with Crippen LogP contribution in [0.15, 0.2) is 53.0 Å². The second kappa shape index (κ2) is 6.80. The number of fused-ring (bicyclic) bond motifs is 1. The molecule has 0 bridgehead atoms. The second-order valence-electron chi connectivity index (χ2n) is 5.72. The third-order valence-electron chi connectivity index (χ3n) is 4.23. The van der Waals surface area contributed by atoms with Gasteiger partial charge in [0.1, 0.15) is 6.04 Å². The Bertz CT molecular complexity index is 968. The van der Waals surface area contributed by atoms with Crippen LogP contribution in [-0.4, -0.2) is 34.4 Å². The molecule has 2 aromatic carbocycles. The molecule has 1 atom stereocenters. The van der Waals surface area contributed by atoms with Crippen molar-refractivity contribution in [1.82, 2.24) is 20.2 Å². The molecule has 0 spiro atoms. The summed E-state index contributed by atoms with van der Waals surface area (Å²) in [6.45, 7) is 0. The van der Waals surface area contributed by atoms with Crippen LogP contribution in [0, 0.1) is 0 Å². The van der Waals surface area contributed by atoms with Crippen LogP contribution in [0.25, 0.3) is 5.70 Å². The van der Waals surface area contributed by atoms with Gasteiger partial charge >= 0.3 is 0 Å². The number of ether oxygens (including phenoxy) is 2. The lowest BCUT2D eigenvalue weighted by atomic mass is 10.0. The van der Waals surface area contributed by atoms with E-state index < -0.39 is 0 Å². The third kappa shape index (κ3) is 2.92. The summed E-state index contributed by atoms with van der Waals surface area (Å²) in [5, 5.41) is 15.3. The molecule has 1 aromatic heterocycles. The van der Waals surface area contributed by atoms with Gasteiger partial charge in [0.05, 0.1) is 14.2 Å². The fourth-order valence-corrected chi connectivity index (χ4v) is 3.19. The Hall–Kier alpha value is -2.87. The smallest absolute Gasteiger partial charge is 0.248 e. The van der Waals surface area contributed by atoms with Crippen LogP contribution in [0.1, 0.15) is 17.2 Å². The van der Waals surface area contributed by atoms with E-state index in [4.69, 9.17) is 9.47 Å². The highest BCUT2D eigenvalue weighted by Gasteiger charge is 2.25. The number of halogens is 1. The van der Waals surface area contributed by atoms with Crippen LogP contribution in [0.2, 0.25) is 0 Å². The van der Waals surface area contributed by atoms with Gasteiger partial charge in [0.15, 0.2) is 11.5 Å². The van der Waals surface area contributed by atoms with Crippen molar-refractivity contribution in [1.29, 1.82) is 0 Å². The molecule has 0 aliphatic carbocycles. The van der Waals surface area contributed by atoms with Crippen molar-refractivity contribution in [3.63, 3.8) is 0 Å². The first-order valence-corrected chi connectivity index (χ1v) is 8.73. The first kappa shape index (κ1) is 16.6. The van der Waals surface area contributed by atoms with Gasteiger partial charge in [0.2, 0.25) is 5.95 Å². The van der Waals surface area contributed by atoms with Gasteiger partial charge in [0.25, 0.3) is 0 Å². The minimum atomic E-state index is -0.167. The SMILES string of the molecule is COc1ccc([C@@H]2C=C(c3ccc(Br)cc3)Nc3nnnn32)cc1OC. The fraction of sp³-hybridized carbons (Fsp3) is 0.167. The number of rotatable bonds is 4. The number of hydrogen-bond donors (Lipinski definition) is 1. The molecular formula is C18H16BrN5O2. The summed E-state index contributed by atoms with van der Waals surface area (Å²) < 4.78 is 13.5. The highest BCUT2D eigenvalue weighted by molar-refractivity contribution is 9.10. The lowest BCUT2D eigenvalue weighted by Crippen LogP contribution is -2.20. The number of aromatic nitrogens is 4. The van der Waals surface area contributed by atoms with Crippen molar-refractivity contribution >= 4 is 27.6 Å². The normalized spacial score (nSPS) is 15.7. The molecule has 0 radical (unpaired) electrons. The van der Waals surface area contributed by atoms with Crippen molar-refractivity contribution in [2.24, 2.45) is 0 Å². The van der Waals surface area contributed by atoms with E-state index in [-0.39, 0.29) is 6.04 Å². The Morgan fingerprint density at radius 3 is 2.54 bits per heavy atom. The Labute approximate surface area is 158 Å². The summed E-state index contributed by atoms with van der Waals surface area (Å²) in [7, 11) is 3.24. The summed E-state index contributed by atoms with van der Waals surface area (Å²) in [5.74, 6) is 1.93. The number of anilines is 1. The summed E-state index contributed by atoms with van der Waals surface area (Å²) >= 11 is 3.46. The molecule has 4 rings (SSSR count). The van der Waals surface area contributed by atoms with E-state index in [2.05, 4.69) is 42.8 Å². The molecule has 132 valence electrons. The van der Waals surface area contributed by atoms with Gasteiger partial charge in [-0.2, -0.15) is 4.68 Å². The minimum absolute atomic E-state index is 0.167. The molecule has 1 N–H and O–H groups in total. The molecular weight excluding hydrogens is 398 g/mol. The topological polar surface area (TPSA) is 74.1 Å². The van der Waals surface area contributed by atoms with E-state index in [9.17, 15) is 0 Å². The predicted molar refractivity (Wildman–Crippen MR) is 101 cm³/mol. The van der Waals surface area contributed by atoms with Crippen LogP contribution in [0.5, 0.6) is 11.5 Å². The Balaban J connectivity index is 1.80. The van der Waals surface area contributed by atoms with Crippen molar-refractivity contribution in [3.8, 4) is 11.5 Å². The van der Waals surface area contributed by atoms with Gasteiger partial charge in [-0.3, -0.25) is 0 Å². The lowest BCUT2D eigenvalue weighted by molar-refractivity contribution is 0.354. The highest BCUT2D eigenvalue weighted by Crippen LogP contribution is 2.36. The summed E-state index contributed by atoms with van der Waals surface area (Å²) in [6, 6.07) is 13.7. The molecule has 7 nitrogen and oxygen atoms in total. The number of hydrogen-bond acceptors (Lipinski definition) is 6. The van der Waals surface area contributed by atoms with E-state index in [0.29, 0.717) is 17.4 Å². The van der Waals surface area contributed by atoms with E-state index in [1.54, 1.807) is 18.9 Å². The van der Waals surface area contributed by atoms with E-state index in [1.807, 2.05) is 42.5 Å². The maximum atomic E-state index is 5.43. The quantitative estimate of drug-likeness (QED) is 0.705. The highest BCUT2D eigenvalue weighted by atomic mass is 79.9. The molecule has 2 heterocycles. The van der Waals surface area contributed by atoms with E-state index >= 15 is 0 Å². The van der Waals surface area contributed by atoms with Gasteiger partial charge in [-0.25, -0.2) is 0 Å². The molecule has 0 unspecified atom stereocenters. The first-order chi connectivity index (χ1) is 12.7. The summed E-state index contributed by atoms with van der Waals surface area (Å²) in [6.07, 6.45) is 2.09. The van der Waals surface area contributed by atoms with Gasteiger partial charge in [0, 0.05) is 10.2 Å². The predicted octanol–water partition coefficient (Wildman–Crippen LogP) is 3.51. The average molecular weight is 414 g/mol. The number of benzene rings is 2. The molecule has 0 amide bonds. The molecule has 0 fully saturated rings. The Morgan fingerprint density at radius 2 is 1.81 bits per heavy atom. The number of nitrogens with one attached hydrogen (secondary N) is 1. The maximum absolute atomic E-state index is 5.43. The maximum Gasteiger partial charge on any atom is 0.248 e. The lowest BCUT2D eigenvalue weighted by Gasteiger charge is -2.24. The van der Waals surface area contributed by atoms with Gasteiger partial charge in [-0.15, -0.1) is 0 Å². The zero-order valence-electron chi connectivity index (χ0n) is 14.2. The molecule has 1 aliphatic rings. The summed E-state index contributed by atoms with van der Waals surface area (Å²) in [5.41, 5.74) is 2.99. The molecule has 8 heteroatoms. The van der Waals surface area contributed by atoms with Gasteiger partial charge < -0.3 is 14.8 Å². The zero-order chi connectivity index (χ0) is 18.1. The fourth-order valence-electron chi connectivity index (χ4n) is 2.93. The van der Waals surface area contributed by atoms with Crippen LogP contribution >= 0.6 is 15.9 Å². The molecule has 0 saturated heterocycles. The van der Waals surface area contributed by atoms with E-state index in [0.717, 1.165) is 21.3 Å². The standard InChI is InChI=1S/C18H16BrN5O2/c1-25-16-8-5-12(9-17(16)26-2)15-10-14(11-3-6-13(19)7-4-11)20-18-21-22-23-24(15)18/h3-10,15H,1-2H3,(H,20,21,23)/t15-/m0/s1. The zero-order valence-corrected chi connectivity index (χ0v) is 15.8. The third-order valence-corrected chi connectivity index (χ3v) is 4.76. The number of allylic oxidation sites excluding steroid dienone is 1. The van der Waals surface area contributed by atoms with Crippen molar-refractivity contribution < 1.29 is 9.47 Å². The summed E-state index contributed by atoms with van der Waals surface area (Å²) in [4.78, 5) is 0. The molecule has 1 aliphatic heterocycles. The minimum Gasteiger partial charge on any atom is -0.493 e. The number of nitrogens with zero attached hydrogens (tertiary/aromatic N) is 4. The molecule has 3 aromatic rings. The van der Waals surface area contributed by atoms with Gasteiger partial charge in [-0.1, -0.05) is 39.2 Å². The molecule has 0 saturated carbocycles. The average Bonchev–Trinajstić information content (AvgIpc) is 3.16. The van der Waals surface area contributed by atoms with E-state index in [1.165, 1.54) is 0 Å². The largest absolute Gasteiger partial charge is 0.493 e. The van der Waals surface area contributed by atoms with Crippen LogP contribution in [0.3, 0.4) is 0 Å². The monoisotopic (exact) mass is 413 g/mol. The second-order valence-corrected chi connectivity index (χ2v) is 6.63. The first-order valence-electron chi connectivity index (χ1n) is 7.94. The van der Waals surface area contributed by atoms with Crippen LogP contribution in [0.4, 0.5) is 5.95 Å². The number of tetrazole rings is 1.